The standard InChI is InChI=1S/C12H7N3/c13-5-8-6-14-11-7-15-10-4-2-1-3-9(10)12(8)11/h1-4,6-7,14H. The number of aromatic nitrogens is 2. The Hall–Kier alpha value is -2.34. The van der Waals surface area contributed by atoms with E-state index in [1.165, 1.54) is 0 Å². The van der Waals surface area contributed by atoms with Gasteiger partial charge in [-0.1, -0.05) is 18.2 Å². The van der Waals surface area contributed by atoms with E-state index in [2.05, 4.69) is 16.0 Å². The van der Waals surface area contributed by atoms with Gasteiger partial charge >= 0.3 is 0 Å². The van der Waals surface area contributed by atoms with Crippen molar-refractivity contribution in [3.63, 3.8) is 0 Å². The van der Waals surface area contributed by atoms with Crippen molar-refractivity contribution in [3.8, 4) is 6.07 Å². The molecule has 1 N–H and O–H groups in total. The van der Waals surface area contributed by atoms with Gasteiger partial charge in [0.1, 0.15) is 6.07 Å². The molecule has 0 bridgehead atoms. The molecule has 0 fully saturated rings. The van der Waals surface area contributed by atoms with Gasteiger partial charge in [-0.25, -0.2) is 0 Å². The highest BCUT2D eigenvalue weighted by Crippen LogP contribution is 2.25. The van der Waals surface area contributed by atoms with Crippen LogP contribution in [0, 0.1) is 11.3 Å². The van der Waals surface area contributed by atoms with Crippen molar-refractivity contribution in [1.29, 1.82) is 5.26 Å². The Kier molecular flexibility index (Phi) is 1.51. The fraction of sp³-hybridized carbons (Fsp3) is 0. The molecule has 2 aromatic heterocycles. The summed E-state index contributed by atoms with van der Waals surface area (Å²) in [5.41, 5.74) is 2.50. The highest BCUT2D eigenvalue weighted by atomic mass is 14.7. The molecule has 3 heteroatoms. The molecule has 2 heterocycles. The average Bonchev–Trinajstić information content (AvgIpc) is 2.72. The zero-order chi connectivity index (χ0) is 10.3. The molecular formula is C12H7N3. The maximum Gasteiger partial charge on any atom is 0.101 e. The molecule has 1 aromatic carbocycles. The van der Waals surface area contributed by atoms with Crippen LogP contribution in [0.15, 0.2) is 36.7 Å². The van der Waals surface area contributed by atoms with E-state index in [0.29, 0.717) is 5.56 Å². The fourth-order valence-electron chi connectivity index (χ4n) is 1.85. The molecule has 15 heavy (non-hydrogen) atoms. The van der Waals surface area contributed by atoms with Crippen LogP contribution in [0.5, 0.6) is 0 Å². The third-order valence-electron chi connectivity index (χ3n) is 2.54. The molecule has 0 aliphatic carbocycles. The number of hydrogen-bond acceptors (Lipinski definition) is 2. The summed E-state index contributed by atoms with van der Waals surface area (Å²) >= 11 is 0. The van der Waals surface area contributed by atoms with Crippen LogP contribution in [-0.2, 0) is 0 Å². The molecule has 0 aliphatic rings. The molecule has 0 atom stereocenters. The van der Waals surface area contributed by atoms with E-state index in [0.717, 1.165) is 21.8 Å². The minimum atomic E-state index is 0.670. The summed E-state index contributed by atoms with van der Waals surface area (Å²) in [5, 5.41) is 11.0. The zero-order valence-corrected chi connectivity index (χ0v) is 7.86. The van der Waals surface area contributed by atoms with Crippen LogP contribution in [0.4, 0.5) is 0 Å². The minimum Gasteiger partial charge on any atom is -0.359 e. The third-order valence-corrected chi connectivity index (χ3v) is 2.54. The van der Waals surface area contributed by atoms with Crippen molar-refractivity contribution in [2.24, 2.45) is 0 Å². The van der Waals surface area contributed by atoms with Crippen molar-refractivity contribution in [1.82, 2.24) is 9.97 Å². The smallest absolute Gasteiger partial charge is 0.101 e. The first-order valence-electron chi connectivity index (χ1n) is 4.65. The minimum absolute atomic E-state index is 0.670. The number of rotatable bonds is 0. The second-order valence-electron chi connectivity index (χ2n) is 3.38. The summed E-state index contributed by atoms with van der Waals surface area (Å²) in [7, 11) is 0. The van der Waals surface area contributed by atoms with E-state index >= 15 is 0 Å². The number of nitrogens with zero attached hydrogens (tertiary/aromatic N) is 2. The molecular weight excluding hydrogens is 186 g/mol. The van der Waals surface area contributed by atoms with Crippen LogP contribution >= 0.6 is 0 Å². The van der Waals surface area contributed by atoms with E-state index in [4.69, 9.17) is 5.26 Å². The molecule has 3 rings (SSSR count). The lowest BCUT2D eigenvalue weighted by atomic mass is 10.1. The van der Waals surface area contributed by atoms with Gasteiger partial charge in [-0.15, -0.1) is 0 Å². The maximum absolute atomic E-state index is 8.99. The van der Waals surface area contributed by atoms with Crippen LogP contribution in [0.1, 0.15) is 5.56 Å². The van der Waals surface area contributed by atoms with Gasteiger partial charge in [0.2, 0.25) is 0 Å². The monoisotopic (exact) mass is 193 g/mol. The van der Waals surface area contributed by atoms with Gasteiger partial charge in [-0.3, -0.25) is 4.98 Å². The van der Waals surface area contributed by atoms with E-state index in [9.17, 15) is 0 Å². The lowest BCUT2D eigenvalue weighted by Crippen LogP contribution is -1.80. The third kappa shape index (κ3) is 1.02. The molecule has 0 radical (unpaired) electrons. The molecule has 70 valence electrons. The lowest BCUT2D eigenvalue weighted by Gasteiger charge is -1.98. The SMILES string of the molecule is N#Cc1c[nH]c2cnc3ccccc3c12. The maximum atomic E-state index is 8.99. The van der Waals surface area contributed by atoms with Crippen molar-refractivity contribution >= 4 is 21.8 Å². The summed E-state index contributed by atoms with van der Waals surface area (Å²) in [5.74, 6) is 0. The highest BCUT2D eigenvalue weighted by molar-refractivity contribution is 6.07. The largest absolute Gasteiger partial charge is 0.359 e. The van der Waals surface area contributed by atoms with Gasteiger partial charge in [0.15, 0.2) is 0 Å². The summed E-state index contributed by atoms with van der Waals surface area (Å²) in [6.45, 7) is 0. The molecule has 0 aliphatic heterocycles. The van der Waals surface area contributed by atoms with Gasteiger partial charge in [0, 0.05) is 17.0 Å². The van der Waals surface area contributed by atoms with Crippen LogP contribution < -0.4 is 0 Å². The fourth-order valence-corrected chi connectivity index (χ4v) is 1.85. The van der Waals surface area contributed by atoms with Gasteiger partial charge < -0.3 is 4.98 Å². The number of benzene rings is 1. The van der Waals surface area contributed by atoms with Crippen LogP contribution in [0.2, 0.25) is 0 Å². The number of para-hydroxylation sites is 1. The summed E-state index contributed by atoms with van der Waals surface area (Å²) in [4.78, 5) is 7.36. The number of nitriles is 1. The normalized spacial score (nSPS) is 10.6. The quantitative estimate of drug-likeness (QED) is 0.596. The summed E-state index contributed by atoms with van der Waals surface area (Å²) in [6, 6.07) is 10.0. The number of fused-ring (bicyclic) bond motifs is 3. The molecule has 0 saturated carbocycles. The average molecular weight is 193 g/mol. The predicted octanol–water partition coefficient (Wildman–Crippen LogP) is 2.59. The molecule has 0 unspecified atom stereocenters. The van der Waals surface area contributed by atoms with E-state index < -0.39 is 0 Å². The Balaban J connectivity index is 2.63. The zero-order valence-electron chi connectivity index (χ0n) is 7.86. The van der Waals surface area contributed by atoms with Crippen LogP contribution in [0.3, 0.4) is 0 Å². The molecule has 3 nitrogen and oxygen atoms in total. The Morgan fingerprint density at radius 1 is 1.27 bits per heavy atom. The summed E-state index contributed by atoms with van der Waals surface area (Å²) < 4.78 is 0. The Labute approximate surface area is 86.0 Å². The lowest BCUT2D eigenvalue weighted by molar-refractivity contribution is 1.39. The second-order valence-corrected chi connectivity index (χ2v) is 3.38. The highest BCUT2D eigenvalue weighted by Gasteiger charge is 2.07. The van der Waals surface area contributed by atoms with Crippen molar-refractivity contribution < 1.29 is 0 Å². The molecule has 0 spiro atoms. The van der Waals surface area contributed by atoms with Gasteiger partial charge in [-0.05, 0) is 6.07 Å². The van der Waals surface area contributed by atoms with Crippen LogP contribution in [-0.4, -0.2) is 9.97 Å². The summed E-state index contributed by atoms with van der Waals surface area (Å²) in [6.07, 6.45) is 3.48. The molecule has 3 aromatic rings. The number of H-pyrrole nitrogens is 1. The van der Waals surface area contributed by atoms with E-state index in [1.807, 2.05) is 24.3 Å². The molecule has 0 saturated heterocycles. The van der Waals surface area contributed by atoms with Crippen molar-refractivity contribution in [3.05, 3.63) is 42.2 Å². The van der Waals surface area contributed by atoms with Gasteiger partial charge in [-0.2, -0.15) is 5.26 Å². The van der Waals surface area contributed by atoms with E-state index in [-0.39, 0.29) is 0 Å². The number of hydrogen-bond donors (Lipinski definition) is 1. The van der Waals surface area contributed by atoms with Crippen molar-refractivity contribution in [2.45, 2.75) is 0 Å². The van der Waals surface area contributed by atoms with E-state index in [1.54, 1.807) is 12.4 Å². The van der Waals surface area contributed by atoms with Crippen LogP contribution in [0.25, 0.3) is 21.8 Å². The second kappa shape index (κ2) is 2.82. The first-order valence-corrected chi connectivity index (χ1v) is 4.65. The number of nitrogens with one attached hydrogen (secondary N) is 1. The first kappa shape index (κ1) is 8.01. The van der Waals surface area contributed by atoms with Gasteiger partial charge in [0.25, 0.3) is 0 Å². The van der Waals surface area contributed by atoms with Gasteiger partial charge in [0.05, 0.1) is 22.8 Å². The van der Waals surface area contributed by atoms with Crippen molar-refractivity contribution in [2.75, 3.05) is 0 Å². The Morgan fingerprint density at radius 3 is 3.00 bits per heavy atom. The Bertz CT molecular complexity index is 689. The predicted molar refractivity (Wildman–Crippen MR) is 58.3 cm³/mol. The number of aromatic amines is 1. The number of pyridine rings is 1. The Morgan fingerprint density at radius 2 is 2.13 bits per heavy atom. The topological polar surface area (TPSA) is 52.5 Å². The first-order chi connectivity index (χ1) is 7.40. The molecule has 0 amide bonds.